The molecule has 0 aliphatic carbocycles. The van der Waals surface area contributed by atoms with Gasteiger partial charge in [0.25, 0.3) is 5.91 Å². The van der Waals surface area contributed by atoms with Gasteiger partial charge in [0.15, 0.2) is 0 Å². The molecule has 3 heterocycles. The van der Waals surface area contributed by atoms with Crippen LogP contribution in [0.2, 0.25) is 0 Å². The number of carbonyl (C=O) groups is 1. The van der Waals surface area contributed by atoms with Gasteiger partial charge in [-0.1, -0.05) is 6.07 Å². The van der Waals surface area contributed by atoms with Crippen molar-refractivity contribution in [2.24, 2.45) is 5.92 Å². The van der Waals surface area contributed by atoms with Gasteiger partial charge in [0.05, 0.1) is 17.3 Å². The minimum atomic E-state index is -0.107. The van der Waals surface area contributed by atoms with Crippen molar-refractivity contribution in [3.8, 4) is 0 Å². The Morgan fingerprint density at radius 1 is 1.44 bits per heavy atom. The third-order valence-electron chi connectivity index (χ3n) is 4.65. The van der Waals surface area contributed by atoms with Crippen LogP contribution in [-0.2, 0) is 12.1 Å². The van der Waals surface area contributed by atoms with Gasteiger partial charge in [-0.05, 0) is 57.5 Å². The van der Waals surface area contributed by atoms with E-state index in [1.54, 1.807) is 6.20 Å². The number of piperidine rings is 1. The Bertz CT molecular complexity index is 687. The van der Waals surface area contributed by atoms with Gasteiger partial charge >= 0.3 is 0 Å². The van der Waals surface area contributed by atoms with E-state index in [1.165, 1.54) is 17.7 Å². The van der Waals surface area contributed by atoms with Gasteiger partial charge in [0, 0.05) is 30.7 Å². The Morgan fingerprint density at radius 3 is 2.96 bits per heavy atom. The van der Waals surface area contributed by atoms with Crippen molar-refractivity contribution in [2.75, 3.05) is 19.6 Å². The number of nitrogens with one attached hydrogen (secondary N) is 1. The summed E-state index contributed by atoms with van der Waals surface area (Å²) in [5.41, 5.74) is 0.533. The molecular weight excluding hydrogens is 332 g/mol. The Kier molecular flexibility index (Phi) is 5.59. The highest BCUT2D eigenvalue weighted by atomic mass is 32.1. The Morgan fingerprint density at radius 2 is 2.28 bits per heavy atom. The number of aromatic nitrogens is 2. The molecule has 3 rings (SSSR count). The van der Waals surface area contributed by atoms with Gasteiger partial charge < -0.3 is 5.32 Å². The summed E-state index contributed by atoms with van der Waals surface area (Å²) in [4.78, 5) is 16.3. The fourth-order valence-corrected chi connectivity index (χ4v) is 3.98. The molecule has 0 bridgehead atoms. The molecular formula is C19H28N4OS. The summed E-state index contributed by atoms with van der Waals surface area (Å²) in [6, 6.07) is 4.31. The lowest BCUT2D eigenvalue weighted by molar-refractivity contribution is 0.0930. The number of hydrogen-bond acceptors (Lipinski definition) is 4. The predicted octanol–water partition coefficient (Wildman–Crippen LogP) is 3.34. The molecule has 1 saturated heterocycles. The molecule has 5 nitrogen and oxygen atoms in total. The van der Waals surface area contributed by atoms with Crippen LogP contribution < -0.4 is 5.32 Å². The molecule has 25 heavy (non-hydrogen) atoms. The number of thiophene rings is 1. The SMILES string of the molecule is CC(C)(C)n1cc(C(=O)NC[C@H]2CCCN(Cc3cccs3)C2)cn1. The van der Waals surface area contributed by atoms with E-state index < -0.39 is 0 Å². The lowest BCUT2D eigenvalue weighted by Crippen LogP contribution is -2.40. The van der Waals surface area contributed by atoms with Crippen LogP contribution in [0.5, 0.6) is 0 Å². The van der Waals surface area contributed by atoms with Gasteiger partial charge in [-0.3, -0.25) is 14.4 Å². The lowest BCUT2D eigenvalue weighted by Gasteiger charge is -2.32. The Hall–Kier alpha value is -1.66. The molecule has 0 unspecified atom stereocenters. The minimum absolute atomic E-state index is 0.0223. The van der Waals surface area contributed by atoms with Crippen molar-refractivity contribution in [3.63, 3.8) is 0 Å². The molecule has 1 amide bonds. The quantitative estimate of drug-likeness (QED) is 0.890. The highest BCUT2D eigenvalue weighted by Crippen LogP contribution is 2.20. The zero-order valence-corrected chi connectivity index (χ0v) is 16.2. The first-order valence-electron chi connectivity index (χ1n) is 9.00. The fourth-order valence-electron chi connectivity index (χ4n) is 3.23. The average molecular weight is 361 g/mol. The number of carbonyl (C=O) groups excluding carboxylic acids is 1. The number of hydrogen-bond donors (Lipinski definition) is 1. The summed E-state index contributed by atoms with van der Waals surface area (Å²) in [5.74, 6) is 0.501. The zero-order valence-electron chi connectivity index (χ0n) is 15.4. The normalized spacial score (nSPS) is 19.1. The third-order valence-corrected chi connectivity index (χ3v) is 5.51. The maximum atomic E-state index is 12.4. The van der Waals surface area contributed by atoms with Crippen molar-refractivity contribution in [2.45, 2.75) is 45.7 Å². The summed E-state index contributed by atoms with van der Waals surface area (Å²) in [6.45, 7) is 10.2. The van der Waals surface area contributed by atoms with Crippen LogP contribution in [0.1, 0.15) is 48.8 Å². The maximum Gasteiger partial charge on any atom is 0.254 e. The number of nitrogens with zero attached hydrogens (tertiary/aromatic N) is 3. The van der Waals surface area contributed by atoms with Crippen LogP contribution in [0.25, 0.3) is 0 Å². The molecule has 6 heteroatoms. The first-order valence-corrected chi connectivity index (χ1v) is 9.88. The van der Waals surface area contributed by atoms with E-state index in [4.69, 9.17) is 0 Å². The third kappa shape index (κ3) is 4.92. The molecule has 0 saturated carbocycles. The summed E-state index contributed by atoms with van der Waals surface area (Å²) < 4.78 is 1.84. The van der Waals surface area contributed by atoms with Crippen LogP contribution in [-0.4, -0.2) is 40.2 Å². The second-order valence-electron chi connectivity index (χ2n) is 7.88. The molecule has 0 radical (unpaired) electrons. The standard InChI is InChI=1S/C19H28N4OS/c1-19(2,3)23-13-16(11-21-23)18(24)20-10-15-6-4-8-22(12-15)14-17-7-5-9-25-17/h5,7,9,11,13,15H,4,6,8,10,12,14H2,1-3H3,(H,20,24)/t15-/m1/s1. The predicted molar refractivity (Wildman–Crippen MR) is 102 cm³/mol. The Labute approximate surface area is 154 Å². The second kappa shape index (κ2) is 7.70. The van der Waals surface area contributed by atoms with Crippen molar-refractivity contribution in [1.82, 2.24) is 20.0 Å². The largest absolute Gasteiger partial charge is 0.352 e. The zero-order chi connectivity index (χ0) is 17.9. The summed E-state index contributed by atoms with van der Waals surface area (Å²) in [6.07, 6.45) is 5.88. The Balaban J connectivity index is 1.49. The topological polar surface area (TPSA) is 50.2 Å². The second-order valence-corrected chi connectivity index (χ2v) is 8.91. The number of amides is 1. The molecule has 1 N–H and O–H groups in total. The van der Waals surface area contributed by atoms with E-state index in [2.05, 4.69) is 53.6 Å². The van der Waals surface area contributed by atoms with Crippen molar-refractivity contribution >= 4 is 17.2 Å². The van der Waals surface area contributed by atoms with E-state index >= 15 is 0 Å². The monoisotopic (exact) mass is 360 g/mol. The van der Waals surface area contributed by atoms with Gasteiger partial charge in [-0.25, -0.2) is 0 Å². The van der Waals surface area contributed by atoms with Crippen molar-refractivity contribution in [3.05, 3.63) is 40.3 Å². The van der Waals surface area contributed by atoms with Crippen LogP contribution in [0.15, 0.2) is 29.9 Å². The smallest absolute Gasteiger partial charge is 0.254 e. The molecule has 0 spiro atoms. The summed E-state index contributed by atoms with van der Waals surface area (Å²) in [5, 5.41) is 9.54. The molecule has 0 aromatic carbocycles. The van der Waals surface area contributed by atoms with Crippen LogP contribution in [0, 0.1) is 5.92 Å². The summed E-state index contributed by atoms with van der Waals surface area (Å²) >= 11 is 1.82. The first-order chi connectivity index (χ1) is 11.9. The van der Waals surface area contributed by atoms with Gasteiger partial charge in [0.2, 0.25) is 0 Å². The fraction of sp³-hybridized carbons (Fsp3) is 0.579. The maximum absolute atomic E-state index is 12.4. The van der Waals surface area contributed by atoms with Gasteiger partial charge in [0.1, 0.15) is 0 Å². The molecule has 2 aromatic heterocycles. The van der Waals surface area contributed by atoms with E-state index in [0.717, 1.165) is 26.2 Å². The molecule has 1 aliphatic rings. The minimum Gasteiger partial charge on any atom is -0.352 e. The molecule has 1 fully saturated rings. The first kappa shape index (κ1) is 18.1. The molecule has 136 valence electrons. The van der Waals surface area contributed by atoms with Crippen LogP contribution in [0.4, 0.5) is 0 Å². The van der Waals surface area contributed by atoms with E-state index in [9.17, 15) is 4.79 Å². The van der Waals surface area contributed by atoms with E-state index in [-0.39, 0.29) is 11.4 Å². The van der Waals surface area contributed by atoms with Gasteiger partial charge in [-0.15, -0.1) is 11.3 Å². The lowest BCUT2D eigenvalue weighted by atomic mass is 9.98. The van der Waals surface area contributed by atoms with Gasteiger partial charge in [-0.2, -0.15) is 5.10 Å². The van der Waals surface area contributed by atoms with Crippen molar-refractivity contribution < 1.29 is 4.79 Å². The van der Waals surface area contributed by atoms with E-state index in [1.807, 2.05) is 22.2 Å². The average Bonchev–Trinajstić information content (AvgIpc) is 3.24. The highest BCUT2D eigenvalue weighted by Gasteiger charge is 2.22. The van der Waals surface area contributed by atoms with E-state index in [0.29, 0.717) is 11.5 Å². The van der Waals surface area contributed by atoms with Crippen molar-refractivity contribution in [1.29, 1.82) is 0 Å². The summed E-state index contributed by atoms with van der Waals surface area (Å²) in [7, 11) is 0. The number of rotatable bonds is 5. The van der Waals surface area contributed by atoms with Crippen LogP contribution >= 0.6 is 11.3 Å². The number of likely N-dealkylation sites (tertiary alicyclic amines) is 1. The molecule has 1 aliphatic heterocycles. The molecule has 1 atom stereocenters. The molecule has 2 aromatic rings. The van der Waals surface area contributed by atoms with Crippen LogP contribution in [0.3, 0.4) is 0 Å². The highest BCUT2D eigenvalue weighted by molar-refractivity contribution is 7.09.